The van der Waals surface area contributed by atoms with Gasteiger partial charge in [-0.3, -0.25) is 30.5 Å². The van der Waals surface area contributed by atoms with Crippen molar-refractivity contribution in [3.8, 4) is 17.2 Å². The molecule has 0 saturated heterocycles. The zero-order valence-corrected chi connectivity index (χ0v) is 23.5. The first-order valence-electron chi connectivity index (χ1n) is 12.5. The number of H-pyrrole nitrogens is 1. The minimum Gasteiger partial charge on any atom is -0.497 e. The van der Waals surface area contributed by atoms with E-state index in [2.05, 4.69) is 22.8 Å². The predicted molar refractivity (Wildman–Crippen MR) is 150 cm³/mol. The van der Waals surface area contributed by atoms with E-state index in [1.54, 1.807) is 51.5 Å². The molecule has 3 N–H and O–H groups in total. The van der Waals surface area contributed by atoms with Crippen LogP contribution in [-0.4, -0.2) is 62.2 Å². The smallest absolute Gasteiger partial charge is 0.275 e. The number of aromatic nitrogens is 1. The number of anilines is 2. The van der Waals surface area contributed by atoms with Gasteiger partial charge in [0.2, 0.25) is 0 Å². The summed E-state index contributed by atoms with van der Waals surface area (Å²) in [5, 5.41) is 2.70. The molecule has 0 atom stereocenters. The van der Waals surface area contributed by atoms with Gasteiger partial charge < -0.3 is 19.2 Å². The number of amides is 2. The van der Waals surface area contributed by atoms with Crippen LogP contribution in [0.15, 0.2) is 48.5 Å². The van der Waals surface area contributed by atoms with Gasteiger partial charge in [-0.1, -0.05) is 33.3 Å². The number of rotatable bonds is 11. The van der Waals surface area contributed by atoms with E-state index in [4.69, 9.17) is 14.2 Å². The van der Waals surface area contributed by atoms with Gasteiger partial charge >= 0.3 is 0 Å². The Bertz CT molecular complexity index is 1210. The minimum absolute atomic E-state index is 0.244. The van der Waals surface area contributed by atoms with Gasteiger partial charge in [-0.2, -0.15) is 0 Å². The summed E-state index contributed by atoms with van der Waals surface area (Å²) in [6.07, 6.45) is 1.86. The average molecular weight is 526 g/mol. The topological polar surface area (TPSA) is 108 Å². The Balaban J connectivity index is 0.00000247. The summed E-state index contributed by atoms with van der Waals surface area (Å²) in [6, 6.07) is 14.2. The average Bonchev–Trinajstić information content (AvgIpc) is 3.39. The van der Waals surface area contributed by atoms with Crippen molar-refractivity contribution in [2.24, 2.45) is 0 Å². The molecule has 206 valence electrons. The van der Waals surface area contributed by atoms with E-state index in [1.165, 1.54) is 24.2 Å². The van der Waals surface area contributed by atoms with E-state index in [9.17, 15) is 9.59 Å². The molecule has 2 aromatic carbocycles. The molecule has 1 heterocycles. The first-order chi connectivity index (χ1) is 18.3. The van der Waals surface area contributed by atoms with Gasteiger partial charge in [0, 0.05) is 14.1 Å². The first kappa shape index (κ1) is 29.9. The van der Waals surface area contributed by atoms with Gasteiger partial charge in [-0.25, -0.2) is 0 Å². The maximum absolute atomic E-state index is 13.1. The molecule has 0 fully saturated rings. The second-order valence-electron chi connectivity index (χ2n) is 8.09. The highest BCUT2D eigenvalue weighted by molar-refractivity contribution is 5.98. The van der Waals surface area contributed by atoms with E-state index < -0.39 is 0 Å². The van der Waals surface area contributed by atoms with Crippen molar-refractivity contribution in [3.63, 3.8) is 0 Å². The van der Waals surface area contributed by atoms with Crippen LogP contribution in [0.5, 0.6) is 17.2 Å². The molecule has 0 radical (unpaired) electrons. The van der Waals surface area contributed by atoms with Crippen LogP contribution in [-0.2, 0) is 6.42 Å². The third-order valence-corrected chi connectivity index (χ3v) is 5.54. The van der Waals surface area contributed by atoms with Crippen LogP contribution >= 0.6 is 0 Å². The Labute approximate surface area is 224 Å². The van der Waals surface area contributed by atoms with Crippen LogP contribution in [0.1, 0.15) is 53.5 Å². The van der Waals surface area contributed by atoms with Crippen LogP contribution in [0, 0.1) is 0 Å². The van der Waals surface area contributed by atoms with E-state index >= 15 is 0 Å². The van der Waals surface area contributed by atoms with Crippen molar-refractivity contribution in [2.75, 3.05) is 46.3 Å². The molecule has 10 nitrogen and oxygen atoms in total. The number of hydrazine groups is 2. The first-order valence-corrected chi connectivity index (χ1v) is 12.5. The fourth-order valence-corrected chi connectivity index (χ4v) is 3.70. The van der Waals surface area contributed by atoms with E-state index in [0.29, 0.717) is 40.0 Å². The van der Waals surface area contributed by atoms with Crippen molar-refractivity contribution in [3.05, 3.63) is 65.2 Å². The van der Waals surface area contributed by atoms with Gasteiger partial charge in [-0.05, 0) is 54.4 Å². The number of nitrogens with one attached hydrogen (secondary N) is 3. The number of carbonyl (C=O) groups excluding carboxylic acids is 2. The normalized spacial score (nSPS) is 10.0. The van der Waals surface area contributed by atoms with E-state index in [1.807, 2.05) is 32.0 Å². The Morgan fingerprint density at radius 3 is 1.74 bits per heavy atom. The largest absolute Gasteiger partial charge is 0.497 e. The van der Waals surface area contributed by atoms with Gasteiger partial charge in [0.1, 0.15) is 28.9 Å². The van der Waals surface area contributed by atoms with Crippen molar-refractivity contribution in [1.29, 1.82) is 0 Å². The molecule has 3 aromatic rings. The molecule has 0 aliphatic heterocycles. The van der Waals surface area contributed by atoms with Gasteiger partial charge in [0.05, 0.1) is 32.5 Å². The molecule has 0 saturated carbocycles. The molecule has 0 aliphatic rings. The van der Waals surface area contributed by atoms with Gasteiger partial charge in [0.15, 0.2) is 0 Å². The quantitative estimate of drug-likeness (QED) is 0.295. The number of carbonyl (C=O) groups is 2. The molecule has 0 spiro atoms. The standard InChI is InChI=1S/C26H33N5O5.C2H6/c1-7-8-17-9-11-21(35-5)19(15-17)25(32)30(2)28-23-13-14-24(27-23)29-31(3)26(33)20-16-18(34-4)10-12-22(20)36-6;1-2/h9-16,27-29H,7-8H2,1-6H3;1-2H3. The lowest BCUT2D eigenvalue weighted by Gasteiger charge is -2.21. The van der Waals surface area contributed by atoms with Crippen LogP contribution in [0.3, 0.4) is 0 Å². The number of aromatic amines is 1. The predicted octanol–water partition coefficient (Wildman–Crippen LogP) is 5.22. The molecule has 0 aliphatic carbocycles. The van der Waals surface area contributed by atoms with Crippen molar-refractivity contribution < 1.29 is 23.8 Å². The summed E-state index contributed by atoms with van der Waals surface area (Å²) in [5.74, 6) is 2.02. The van der Waals surface area contributed by atoms with Crippen LogP contribution in [0.25, 0.3) is 0 Å². The summed E-state index contributed by atoms with van der Waals surface area (Å²) in [4.78, 5) is 29.2. The number of hydrogen-bond acceptors (Lipinski definition) is 7. The maximum atomic E-state index is 13.1. The Hall–Kier alpha value is -4.34. The monoisotopic (exact) mass is 525 g/mol. The second-order valence-corrected chi connectivity index (χ2v) is 8.09. The summed E-state index contributed by atoms with van der Waals surface area (Å²) in [6.45, 7) is 6.09. The Kier molecular flexibility index (Phi) is 11.3. The number of aryl methyl sites for hydroxylation is 1. The SMILES string of the molecule is CC.CCCc1ccc(OC)c(C(=O)N(C)Nc2ccc(NN(C)C(=O)c3cc(OC)ccc3OC)[nH]2)c1. The lowest BCUT2D eigenvalue weighted by molar-refractivity contribution is 0.0815. The summed E-state index contributed by atoms with van der Waals surface area (Å²) >= 11 is 0. The van der Waals surface area contributed by atoms with Crippen molar-refractivity contribution in [1.82, 2.24) is 15.0 Å². The molecule has 38 heavy (non-hydrogen) atoms. The van der Waals surface area contributed by atoms with Gasteiger partial charge in [-0.15, -0.1) is 0 Å². The highest BCUT2D eigenvalue weighted by atomic mass is 16.5. The van der Waals surface area contributed by atoms with Crippen molar-refractivity contribution >= 4 is 23.5 Å². The fourth-order valence-electron chi connectivity index (χ4n) is 3.70. The molecule has 2 amide bonds. The van der Waals surface area contributed by atoms with Crippen molar-refractivity contribution in [2.45, 2.75) is 33.6 Å². The van der Waals surface area contributed by atoms with Crippen LogP contribution in [0.2, 0.25) is 0 Å². The summed E-state index contributed by atoms with van der Waals surface area (Å²) in [5.41, 5.74) is 7.91. The molecular formula is C28H39N5O5. The second kappa shape index (κ2) is 14.4. The third kappa shape index (κ3) is 7.34. The zero-order valence-electron chi connectivity index (χ0n) is 23.5. The third-order valence-electron chi connectivity index (χ3n) is 5.54. The summed E-state index contributed by atoms with van der Waals surface area (Å²) in [7, 11) is 7.81. The number of nitrogens with zero attached hydrogens (tertiary/aromatic N) is 2. The van der Waals surface area contributed by atoms with Crippen LogP contribution in [0.4, 0.5) is 11.6 Å². The molecule has 3 rings (SSSR count). The van der Waals surface area contributed by atoms with Crippen LogP contribution < -0.4 is 25.1 Å². The molecular weight excluding hydrogens is 486 g/mol. The minimum atomic E-state index is -0.318. The highest BCUT2D eigenvalue weighted by Crippen LogP contribution is 2.26. The molecule has 0 unspecified atom stereocenters. The lowest BCUT2D eigenvalue weighted by Crippen LogP contribution is -2.33. The highest BCUT2D eigenvalue weighted by Gasteiger charge is 2.20. The molecule has 1 aromatic heterocycles. The number of methoxy groups -OCH3 is 3. The Morgan fingerprint density at radius 2 is 1.26 bits per heavy atom. The van der Waals surface area contributed by atoms with Gasteiger partial charge in [0.25, 0.3) is 11.8 Å². The maximum Gasteiger partial charge on any atom is 0.275 e. The molecule has 10 heteroatoms. The lowest BCUT2D eigenvalue weighted by atomic mass is 10.1. The zero-order chi connectivity index (χ0) is 28.2. The van der Waals surface area contributed by atoms with E-state index in [0.717, 1.165) is 18.4 Å². The number of ether oxygens (including phenoxy) is 3. The number of hydrogen-bond donors (Lipinski definition) is 3. The summed E-state index contributed by atoms with van der Waals surface area (Å²) < 4.78 is 15.9. The Morgan fingerprint density at radius 1 is 0.763 bits per heavy atom. The van der Waals surface area contributed by atoms with E-state index in [-0.39, 0.29) is 11.8 Å². The molecule has 0 bridgehead atoms. The fraction of sp³-hybridized carbons (Fsp3) is 0.357. The number of benzene rings is 2.